The number of nitrogens with zero attached hydrogens (tertiary/aromatic N) is 1. The summed E-state index contributed by atoms with van der Waals surface area (Å²) in [7, 11) is 0. The lowest BCUT2D eigenvalue weighted by atomic mass is 10.1. The smallest absolute Gasteiger partial charge is 0.0669 e. The van der Waals surface area contributed by atoms with E-state index >= 15 is 0 Å². The third kappa shape index (κ3) is 1.53. The van der Waals surface area contributed by atoms with Crippen molar-refractivity contribution in [1.82, 2.24) is 0 Å². The topological polar surface area (TPSA) is 23.8 Å². The van der Waals surface area contributed by atoms with Crippen molar-refractivity contribution in [2.24, 2.45) is 0 Å². The van der Waals surface area contributed by atoms with Gasteiger partial charge in [-0.15, -0.1) is 11.3 Å². The Balaban J connectivity index is 2.79. The highest BCUT2D eigenvalue weighted by molar-refractivity contribution is 14.1. The van der Waals surface area contributed by atoms with Gasteiger partial charge < -0.3 is 0 Å². The van der Waals surface area contributed by atoms with E-state index < -0.39 is 0 Å². The molecule has 0 N–H and O–H groups in total. The lowest BCUT2D eigenvalue weighted by molar-refractivity contribution is 1.28. The van der Waals surface area contributed by atoms with Crippen molar-refractivity contribution < 1.29 is 0 Å². The summed E-state index contributed by atoms with van der Waals surface area (Å²) in [6, 6.07) is 6.44. The standard InChI is InChI=1S/C11H8INS/c1-7-10(12)6-8(2-4-13)9-3-5-14-11(7)9/h3,5-6H,2H2,1H3. The van der Waals surface area contributed by atoms with Crippen LogP contribution in [0.3, 0.4) is 0 Å². The number of hydrogen-bond donors (Lipinski definition) is 0. The van der Waals surface area contributed by atoms with Crippen molar-refractivity contribution in [1.29, 1.82) is 5.26 Å². The number of hydrogen-bond acceptors (Lipinski definition) is 2. The van der Waals surface area contributed by atoms with Crippen LogP contribution < -0.4 is 0 Å². The van der Waals surface area contributed by atoms with Gasteiger partial charge in [0.25, 0.3) is 0 Å². The van der Waals surface area contributed by atoms with Crippen LogP contribution in [-0.2, 0) is 6.42 Å². The summed E-state index contributed by atoms with van der Waals surface area (Å²) < 4.78 is 2.57. The van der Waals surface area contributed by atoms with Gasteiger partial charge in [-0.3, -0.25) is 0 Å². The van der Waals surface area contributed by atoms with E-state index in [1.165, 1.54) is 19.2 Å². The first-order valence-electron chi connectivity index (χ1n) is 4.26. The Bertz CT molecular complexity index is 522. The van der Waals surface area contributed by atoms with Crippen LogP contribution in [-0.4, -0.2) is 0 Å². The first-order valence-corrected chi connectivity index (χ1v) is 6.22. The van der Waals surface area contributed by atoms with Crippen molar-refractivity contribution in [3.05, 3.63) is 32.2 Å². The Labute approximate surface area is 101 Å². The molecule has 0 amide bonds. The van der Waals surface area contributed by atoms with Crippen molar-refractivity contribution in [2.45, 2.75) is 13.3 Å². The summed E-state index contributed by atoms with van der Waals surface area (Å²) in [6.07, 6.45) is 0.503. The molecule has 2 rings (SSSR count). The molecule has 0 aliphatic heterocycles. The molecule has 0 atom stereocenters. The van der Waals surface area contributed by atoms with Gasteiger partial charge >= 0.3 is 0 Å². The minimum Gasteiger partial charge on any atom is -0.198 e. The molecule has 0 fully saturated rings. The molecule has 0 saturated heterocycles. The Kier molecular flexibility index (Phi) is 2.75. The molecule has 1 heterocycles. The maximum absolute atomic E-state index is 8.73. The van der Waals surface area contributed by atoms with Crippen molar-refractivity contribution in [2.75, 3.05) is 0 Å². The third-order valence-electron chi connectivity index (χ3n) is 2.28. The fourth-order valence-electron chi connectivity index (χ4n) is 1.53. The Morgan fingerprint density at radius 1 is 1.57 bits per heavy atom. The van der Waals surface area contributed by atoms with Crippen LogP contribution in [0.25, 0.3) is 10.1 Å². The fourth-order valence-corrected chi connectivity index (χ4v) is 3.31. The van der Waals surface area contributed by atoms with Crippen LogP contribution in [0, 0.1) is 21.8 Å². The maximum Gasteiger partial charge on any atom is 0.0669 e. The predicted octanol–water partition coefficient (Wildman–Crippen LogP) is 3.88. The number of fused-ring (bicyclic) bond motifs is 1. The molecule has 0 saturated carbocycles. The number of benzene rings is 1. The quantitative estimate of drug-likeness (QED) is 0.733. The van der Waals surface area contributed by atoms with E-state index in [-0.39, 0.29) is 0 Å². The second-order valence-electron chi connectivity index (χ2n) is 3.14. The molecule has 0 bridgehead atoms. The van der Waals surface area contributed by atoms with Gasteiger partial charge in [0.05, 0.1) is 12.5 Å². The van der Waals surface area contributed by atoms with Crippen molar-refractivity contribution in [3.63, 3.8) is 0 Å². The zero-order valence-electron chi connectivity index (χ0n) is 7.67. The van der Waals surface area contributed by atoms with Crippen LogP contribution in [0.1, 0.15) is 11.1 Å². The van der Waals surface area contributed by atoms with Crippen molar-refractivity contribution in [3.8, 4) is 6.07 Å². The summed E-state index contributed by atoms with van der Waals surface area (Å²) in [4.78, 5) is 0. The van der Waals surface area contributed by atoms with E-state index in [2.05, 4.69) is 53.1 Å². The van der Waals surface area contributed by atoms with E-state index in [0.717, 1.165) is 5.56 Å². The van der Waals surface area contributed by atoms with Gasteiger partial charge in [0.15, 0.2) is 0 Å². The normalized spacial score (nSPS) is 10.4. The molecule has 0 radical (unpaired) electrons. The summed E-state index contributed by atoms with van der Waals surface area (Å²) >= 11 is 4.09. The molecule has 14 heavy (non-hydrogen) atoms. The highest BCUT2D eigenvalue weighted by Gasteiger charge is 2.07. The van der Waals surface area contributed by atoms with Gasteiger partial charge in [-0.25, -0.2) is 0 Å². The largest absolute Gasteiger partial charge is 0.198 e. The highest BCUT2D eigenvalue weighted by atomic mass is 127. The zero-order chi connectivity index (χ0) is 10.1. The highest BCUT2D eigenvalue weighted by Crippen LogP contribution is 2.31. The van der Waals surface area contributed by atoms with Crippen LogP contribution in [0.4, 0.5) is 0 Å². The SMILES string of the molecule is Cc1c(I)cc(CC#N)c2ccsc12. The lowest BCUT2D eigenvalue weighted by Gasteiger charge is -2.04. The van der Waals surface area contributed by atoms with Gasteiger partial charge in [-0.2, -0.15) is 5.26 Å². The lowest BCUT2D eigenvalue weighted by Crippen LogP contribution is -1.88. The molecule has 2 aromatic rings. The van der Waals surface area contributed by atoms with E-state index in [1.54, 1.807) is 11.3 Å². The summed E-state index contributed by atoms with van der Waals surface area (Å²) in [5.74, 6) is 0. The van der Waals surface area contributed by atoms with Gasteiger partial charge in [-0.1, -0.05) is 0 Å². The van der Waals surface area contributed by atoms with E-state index in [4.69, 9.17) is 5.26 Å². The van der Waals surface area contributed by atoms with Crippen molar-refractivity contribution >= 4 is 44.0 Å². The number of rotatable bonds is 1. The monoisotopic (exact) mass is 313 g/mol. The Morgan fingerprint density at radius 2 is 2.36 bits per heavy atom. The van der Waals surface area contributed by atoms with E-state index in [0.29, 0.717) is 6.42 Å². The zero-order valence-corrected chi connectivity index (χ0v) is 10.6. The molecule has 3 heteroatoms. The molecular formula is C11H8INS. The second-order valence-corrected chi connectivity index (χ2v) is 5.22. The predicted molar refractivity (Wildman–Crippen MR) is 68.6 cm³/mol. The number of halogens is 1. The van der Waals surface area contributed by atoms with Crippen LogP contribution >= 0.6 is 33.9 Å². The average molecular weight is 313 g/mol. The molecule has 0 aliphatic carbocycles. The number of aryl methyl sites for hydroxylation is 1. The van der Waals surface area contributed by atoms with Crippen LogP contribution in [0.5, 0.6) is 0 Å². The second kappa shape index (κ2) is 3.87. The third-order valence-corrected chi connectivity index (χ3v) is 4.43. The molecule has 70 valence electrons. The maximum atomic E-state index is 8.73. The van der Waals surface area contributed by atoms with E-state index in [1.807, 2.05) is 0 Å². The Morgan fingerprint density at radius 3 is 3.07 bits per heavy atom. The van der Waals surface area contributed by atoms with E-state index in [9.17, 15) is 0 Å². The molecule has 1 nitrogen and oxygen atoms in total. The average Bonchev–Trinajstić information content (AvgIpc) is 2.63. The molecular weight excluding hydrogens is 305 g/mol. The first kappa shape index (κ1) is 9.94. The van der Waals surface area contributed by atoms with Gasteiger partial charge in [-0.05, 0) is 63.5 Å². The fraction of sp³-hybridized carbons (Fsp3) is 0.182. The van der Waals surface area contributed by atoms with Crippen LogP contribution in [0.15, 0.2) is 17.5 Å². The summed E-state index contributed by atoms with van der Waals surface area (Å²) in [6.45, 7) is 2.14. The molecule has 0 unspecified atom stereocenters. The molecule has 1 aromatic carbocycles. The minimum atomic E-state index is 0.503. The van der Waals surface area contributed by atoms with Crippen LogP contribution in [0.2, 0.25) is 0 Å². The molecule has 1 aromatic heterocycles. The minimum absolute atomic E-state index is 0.503. The molecule has 0 spiro atoms. The number of nitriles is 1. The number of thiophene rings is 1. The summed E-state index contributed by atoms with van der Waals surface area (Å²) in [5, 5.41) is 12.1. The Hall–Kier alpha value is -0.600. The van der Waals surface area contributed by atoms with Gasteiger partial charge in [0.1, 0.15) is 0 Å². The summed E-state index contributed by atoms with van der Waals surface area (Å²) in [5.41, 5.74) is 2.48. The van der Waals surface area contributed by atoms with Gasteiger partial charge in [0, 0.05) is 8.27 Å². The van der Waals surface area contributed by atoms with Gasteiger partial charge in [0.2, 0.25) is 0 Å². The first-order chi connectivity index (χ1) is 6.74. The molecule has 0 aliphatic rings.